The van der Waals surface area contributed by atoms with Crippen molar-refractivity contribution in [3.05, 3.63) is 52.0 Å². The van der Waals surface area contributed by atoms with Crippen molar-refractivity contribution in [2.45, 2.75) is 31.8 Å². The molecule has 130 valence electrons. The normalized spacial score (nSPS) is 18.0. The minimum Gasteiger partial charge on any atom is -0.338 e. The second kappa shape index (κ2) is 8.24. The number of aromatic nitrogens is 1. The van der Waals surface area contributed by atoms with Crippen LogP contribution < -0.4 is 0 Å². The number of hydrogen-bond donors (Lipinski definition) is 0. The second-order valence-electron chi connectivity index (χ2n) is 6.39. The van der Waals surface area contributed by atoms with Gasteiger partial charge in [0.05, 0.1) is 11.3 Å². The monoisotopic (exact) mass is 354 g/mol. The van der Waals surface area contributed by atoms with Crippen LogP contribution in [0.2, 0.25) is 0 Å². The Morgan fingerprint density at radius 3 is 3.04 bits per heavy atom. The van der Waals surface area contributed by atoms with Crippen LogP contribution in [0, 0.1) is 11.3 Å². The summed E-state index contributed by atoms with van der Waals surface area (Å²) in [5.74, 6) is -0.000390. The number of carbonyl (C=O) groups excluding carboxylic acids is 1. The molecule has 3 rings (SSSR count). The Hall–Kier alpha value is -2.23. The molecule has 1 aliphatic rings. The lowest BCUT2D eigenvalue weighted by atomic mass is 10.1. The van der Waals surface area contributed by atoms with E-state index < -0.39 is 0 Å². The van der Waals surface area contributed by atoms with Crippen molar-refractivity contribution >= 4 is 17.2 Å². The summed E-state index contributed by atoms with van der Waals surface area (Å²) >= 11 is 1.36. The molecule has 1 unspecified atom stereocenters. The van der Waals surface area contributed by atoms with E-state index in [4.69, 9.17) is 5.26 Å². The maximum Gasteiger partial charge on any atom is 0.265 e. The summed E-state index contributed by atoms with van der Waals surface area (Å²) in [4.78, 5) is 21.9. The molecule has 1 aliphatic heterocycles. The molecule has 2 aromatic rings. The number of nitrogens with zero attached hydrogens (tertiary/aromatic N) is 4. The Morgan fingerprint density at radius 2 is 2.28 bits per heavy atom. The highest BCUT2D eigenvalue weighted by molar-refractivity contribution is 7.12. The highest BCUT2D eigenvalue weighted by atomic mass is 32.1. The zero-order chi connectivity index (χ0) is 17.6. The lowest BCUT2D eigenvalue weighted by molar-refractivity contribution is 0.0762. The van der Waals surface area contributed by atoms with Gasteiger partial charge < -0.3 is 4.90 Å². The number of pyridine rings is 1. The van der Waals surface area contributed by atoms with E-state index in [1.807, 2.05) is 34.7 Å². The lowest BCUT2D eigenvalue weighted by Crippen LogP contribution is -2.35. The summed E-state index contributed by atoms with van der Waals surface area (Å²) in [6, 6.07) is 10.3. The van der Waals surface area contributed by atoms with E-state index in [-0.39, 0.29) is 5.91 Å². The quantitative estimate of drug-likeness (QED) is 0.846. The van der Waals surface area contributed by atoms with Crippen molar-refractivity contribution in [1.82, 2.24) is 14.8 Å². The zero-order valence-electron chi connectivity index (χ0n) is 14.4. The topological polar surface area (TPSA) is 60.2 Å². The van der Waals surface area contributed by atoms with E-state index in [1.54, 1.807) is 6.07 Å². The van der Waals surface area contributed by atoms with Crippen LogP contribution in [0.4, 0.5) is 0 Å². The summed E-state index contributed by atoms with van der Waals surface area (Å²) in [6.07, 6.45) is 4.83. The Kier molecular flexibility index (Phi) is 5.79. The predicted molar refractivity (Wildman–Crippen MR) is 98.3 cm³/mol. The van der Waals surface area contributed by atoms with E-state index in [1.165, 1.54) is 11.3 Å². The van der Waals surface area contributed by atoms with Crippen LogP contribution in [0.3, 0.4) is 0 Å². The predicted octanol–water partition coefficient (Wildman–Crippen LogP) is 3.14. The Morgan fingerprint density at radius 1 is 1.40 bits per heavy atom. The molecule has 1 amide bonds. The molecule has 1 atom stereocenters. The molecule has 0 N–H and O–H groups in total. The average Bonchev–Trinajstić information content (AvgIpc) is 2.97. The third-order valence-corrected chi connectivity index (χ3v) is 5.63. The number of thiophene rings is 1. The highest BCUT2D eigenvalue weighted by Gasteiger charge is 2.25. The van der Waals surface area contributed by atoms with Gasteiger partial charge in [-0.1, -0.05) is 6.07 Å². The summed E-state index contributed by atoms with van der Waals surface area (Å²) in [7, 11) is 2.13. The average molecular weight is 354 g/mol. The Labute approximate surface area is 152 Å². The summed E-state index contributed by atoms with van der Waals surface area (Å²) < 4.78 is 0. The Balaban J connectivity index is 1.60. The molecule has 0 spiro atoms. The van der Waals surface area contributed by atoms with E-state index >= 15 is 0 Å². The molecule has 2 aromatic heterocycles. The van der Waals surface area contributed by atoms with Gasteiger partial charge in [-0.25, -0.2) is 0 Å². The highest BCUT2D eigenvalue weighted by Crippen LogP contribution is 2.22. The van der Waals surface area contributed by atoms with Crippen molar-refractivity contribution < 1.29 is 4.79 Å². The van der Waals surface area contributed by atoms with Crippen molar-refractivity contribution in [2.75, 3.05) is 20.1 Å². The van der Waals surface area contributed by atoms with Crippen LogP contribution in [0.15, 0.2) is 35.8 Å². The molecule has 1 fully saturated rings. The molecule has 5 nitrogen and oxygen atoms in total. The van der Waals surface area contributed by atoms with Gasteiger partial charge in [-0.3, -0.25) is 14.7 Å². The summed E-state index contributed by atoms with van der Waals surface area (Å²) in [6.45, 7) is 2.32. The summed E-state index contributed by atoms with van der Waals surface area (Å²) in [5, 5.41) is 11.0. The van der Waals surface area contributed by atoms with Gasteiger partial charge in [0.2, 0.25) is 0 Å². The van der Waals surface area contributed by atoms with Gasteiger partial charge in [-0.15, -0.1) is 11.3 Å². The molecule has 6 heteroatoms. The van der Waals surface area contributed by atoms with E-state index in [0.29, 0.717) is 16.5 Å². The van der Waals surface area contributed by atoms with E-state index in [0.717, 1.165) is 44.6 Å². The molecular formula is C19H22N4OS. The van der Waals surface area contributed by atoms with E-state index in [2.05, 4.69) is 23.0 Å². The number of rotatable bonds is 4. The second-order valence-corrected chi connectivity index (χ2v) is 7.30. The minimum atomic E-state index is -0.000390. The molecule has 0 aliphatic carbocycles. The molecule has 1 saturated heterocycles. The fourth-order valence-electron chi connectivity index (χ4n) is 3.31. The maximum absolute atomic E-state index is 12.7. The fraction of sp³-hybridized carbons (Fsp3) is 0.421. The van der Waals surface area contributed by atoms with Gasteiger partial charge >= 0.3 is 0 Å². The zero-order valence-corrected chi connectivity index (χ0v) is 15.2. The van der Waals surface area contributed by atoms with Gasteiger partial charge in [0, 0.05) is 31.9 Å². The number of carbonyl (C=O) groups is 1. The molecule has 0 saturated carbocycles. The van der Waals surface area contributed by atoms with Gasteiger partial charge in [0.1, 0.15) is 10.9 Å². The molecular weight excluding hydrogens is 332 g/mol. The van der Waals surface area contributed by atoms with Crippen molar-refractivity contribution in [2.24, 2.45) is 0 Å². The third-order valence-electron chi connectivity index (χ3n) is 4.73. The largest absolute Gasteiger partial charge is 0.338 e. The first-order chi connectivity index (χ1) is 12.2. The van der Waals surface area contributed by atoms with Crippen LogP contribution in [-0.2, 0) is 6.54 Å². The van der Waals surface area contributed by atoms with Crippen LogP contribution in [0.1, 0.15) is 40.2 Å². The molecule has 0 radical (unpaired) electrons. The van der Waals surface area contributed by atoms with Crippen molar-refractivity contribution in [1.29, 1.82) is 5.26 Å². The van der Waals surface area contributed by atoms with E-state index in [9.17, 15) is 4.79 Å². The Bertz CT molecular complexity index is 752. The van der Waals surface area contributed by atoms with Crippen LogP contribution in [-0.4, -0.2) is 46.9 Å². The SMILES string of the molecule is CN(Cc1ccccn1)C1CCCN(C(=O)c2sccc2C#N)CC1. The number of amides is 1. The van der Waals surface area contributed by atoms with Gasteiger partial charge in [0.15, 0.2) is 0 Å². The molecule has 0 bridgehead atoms. The molecule has 3 heterocycles. The fourth-order valence-corrected chi connectivity index (χ4v) is 4.12. The first kappa shape index (κ1) is 17.6. The van der Waals surface area contributed by atoms with Crippen LogP contribution >= 0.6 is 11.3 Å². The van der Waals surface area contributed by atoms with Gasteiger partial charge in [-0.05, 0) is 49.9 Å². The standard InChI is InChI=1S/C19H22N4OS/c1-22(14-16-5-2-3-9-21-16)17-6-4-10-23(11-7-17)19(24)18-15(13-20)8-12-25-18/h2-3,5,8-9,12,17H,4,6-7,10-11,14H2,1H3. The van der Waals surface area contributed by atoms with Crippen molar-refractivity contribution in [3.63, 3.8) is 0 Å². The van der Waals surface area contributed by atoms with Crippen molar-refractivity contribution in [3.8, 4) is 6.07 Å². The lowest BCUT2D eigenvalue weighted by Gasteiger charge is -2.27. The first-order valence-electron chi connectivity index (χ1n) is 8.56. The number of likely N-dealkylation sites (tertiary alicyclic amines) is 1. The first-order valence-corrected chi connectivity index (χ1v) is 9.44. The smallest absolute Gasteiger partial charge is 0.265 e. The molecule has 25 heavy (non-hydrogen) atoms. The van der Waals surface area contributed by atoms with Gasteiger partial charge in [0.25, 0.3) is 5.91 Å². The summed E-state index contributed by atoms with van der Waals surface area (Å²) in [5.41, 5.74) is 1.56. The van der Waals surface area contributed by atoms with Crippen LogP contribution in [0.5, 0.6) is 0 Å². The number of nitriles is 1. The minimum absolute atomic E-state index is 0.000390. The third kappa shape index (κ3) is 4.25. The van der Waals surface area contributed by atoms with Crippen LogP contribution in [0.25, 0.3) is 0 Å². The van der Waals surface area contributed by atoms with Gasteiger partial charge in [-0.2, -0.15) is 5.26 Å². The molecule has 0 aromatic carbocycles. The number of hydrogen-bond acceptors (Lipinski definition) is 5. The maximum atomic E-state index is 12.7.